The standard InChI is InChI=1S/C19H20N4O3/c1-13-20-11-19(26-13)14-2-3-18-15(8-14)9-16(21-22-18)10-17(24)12-23-4-6-25-7-5-23/h2-3,8-9,11H,4-7,10,12H2,1H3/i4D2,5D2,6D2,7D2. The first-order valence-electron chi connectivity index (χ1n) is 11.8. The maximum absolute atomic E-state index is 12.8. The molecule has 0 saturated carbocycles. The number of rotatable bonds is 5. The average molecular weight is 360 g/mol. The van der Waals surface area contributed by atoms with Crippen LogP contribution in [-0.4, -0.2) is 58.5 Å². The van der Waals surface area contributed by atoms with E-state index in [9.17, 15) is 4.79 Å². The molecule has 0 bridgehead atoms. The Morgan fingerprint density at radius 2 is 2.12 bits per heavy atom. The number of fused-ring (bicyclic) bond motifs is 1. The molecule has 1 fully saturated rings. The number of morpholine rings is 1. The number of hydrogen-bond donors (Lipinski definition) is 0. The van der Waals surface area contributed by atoms with Gasteiger partial charge in [0, 0.05) is 36.4 Å². The fourth-order valence-electron chi connectivity index (χ4n) is 2.54. The van der Waals surface area contributed by atoms with Gasteiger partial charge >= 0.3 is 0 Å². The topological polar surface area (TPSA) is 81.4 Å². The minimum absolute atomic E-state index is 0.213. The lowest BCUT2D eigenvalue weighted by molar-refractivity contribution is -0.120. The van der Waals surface area contributed by atoms with Crippen molar-refractivity contribution in [1.29, 1.82) is 0 Å². The molecule has 3 heterocycles. The van der Waals surface area contributed by atoms with Gasteiger partial charge in [-0.2, -0.15) is 10.2 Å². The SMILES string of the molecule is [2H]C1([2H])OC([2H])([2H])C([2H])([2H])N(CC(=O)Cc2cc3cc(-c4cnc(C)o4)ccc3nn2)C1([2H])[2H]. The van der Waals surface area contributed by atoms with E-state index in [0.29, 0.717) is 22.6 Å². The molecular formula is C19H20N4O3. The van der Waals surface area contributed by atoms with Crippen LogP contribution >= 0.6 is 0 Å². The number of Topliss-reactive ketones (excluding diaryl/α,β-unsaturated/α-hetero) is 1. The summed E-state index contributed by atoms with van der Waals surface area (Å²) in [6.07, 6.45) is 1.22. The third kappa shape index (κ3) is 3.79. The summed E-state index contributed by atoms with van der Waals surface area (Å²) in [6.45, 7) is -11.9. The summed E-state index contributed by atoms with van der Waals surface area (Å²) in [6, 6.07) is 6.89. The largest absolute Gasteiger partial charge is 0.441 e. The smallest absolute Gasteiger partial charge is 0.191 e. The number of ketones is 1. The molecule has 1 aliphatic heterocycles. The lowest BCUT2D eigenvalue weighted by atomic mass is 10.1. The molecule has 0 unspecified atom stereocenters. The summed E-state index contributed by atoms with van der Waals surface area (Å²) in [7, 11) is 0. The van der Waals surface area contributed by atoms with E-state index in [-0.39, 0.29) is 17.0 Å². The van der Waals surface area contributed by atoms with E-state index in [2.05, 4.69) is 19.9 Å². The normalized spacial score (nSPS) is 27.7. The van der Waals surface area contributed by atoms with Crippen LogP contribution in [0.4, 0.5) is 0 Å². The number of aryl methyl sites for hydroxylation is 1. The zero-order chi connectivity index (χ0) is 25.1. The van der Waals surface area contributed by atoms with Crippen LogP contribution in [0.15, 0.2) is 34.9 Å². The highest BCUT2D eigenvalue weighted by molar-refractivity contribution is 5.86. The number of carbonyl (C=O) groups excluding carboxylic acids is 1. The third-order valence-electron chi connectivity index (χ3n) is 3.72. The molecule has 7 nitrogen and oxygen atoms in total. The van der Waals surface area contributed by atoms with Gasteiger partial charge in [-0.25, -0.2) is 4.98 Å². The molecular weight excluding hydrogens is 332 g/mol. The maximum atomic E-state index is 12.8. The summed E-state index contributed by atoms with van der Waals surface area (Å²) in [5.41, 5.74) is 1.51. The molecule has 26 heavy (non-hydrogen) atoms. The Labute approximate surface area is 162 Å². The van der Waals surface area contributed by atoms with E-state index in [0.717, 1.165) is 5.56 Å². The van der Waals surface area contributed by atoms with Crippen molar-refractivity contribution in [2.24, 2.45) is 0 Å². The van der Waals surface area contributed by atoms with Crippen LogP contribution in [0.1, 0.15) is 22.6 Å². The van der Waals surface area contributed by atoms with Gasteiger partial charge in [-0.15, -0.1) is 0 Å². The molecule has 0 spiro atoms. The molecule has 0 amide bonds. The monoisotopic (exact) mass is 360 g/mol. The van der Waals surface area contributed by atoms with Gasteiger partial charge in [0.25, 0.3) is 0 Å². The highest BCUT2D eigenvalue weighted by Gasteiger charge is 2.15. The number of carbonyl (C=O) groups is 1. The first-order valence-corrected chi connectivity index (χ1v) is 7.83. The van der Waals surface area contributed by atoms with Crippen LogP contribution in [0, 0.1) is 6.92 Å². The fraction of sp³-hybridized carbons (Fsp3) is 0.368. The highest BCUT2D eigenvalue weighted by Crippen LogP contribution is 2.24. The van der Waals surface area contributed by atoms with Gasteiger partial charge in [0.2, 0.25) is 0 Å². The van der Waals surface area contributed by atoms with Crippen molar-refractivity contribution in [3.63, 3.8) is 0 Å². The predicted octanol–water partition coefficient (Wildman–Crippen LogP) is 2.04. The van der Waals surface area contributed by atoms with E-state index < -0.39 is 38.4 Å². The summed E-state index contributed by atoms with van der Waals surface area (Å²) in [5, 5.41) is 8.71. The molecule has 1 aromatic carbocycles. The number of benzene rings is 1. The van der Waals surface area contributed by atoms with Crippen molar-refractivity contribution in [2.45, 2.75) is 13.3 Å². The number of oxazole rings is 1. The molecule has 134 valence electrons. The Morgan fingerprint density at radius 1 is 1.27 bits per heavy atom. The van der Waals surface area contributed by atoms with Crippen molar-refractivity contribution in [3.05, 3.63) is 42.0 Å². The molecule has 4 rings (SSSR count). The molecule has 1 aliphatic rings. The molecule has 0 aliphatic carbocycles. The van der Waals surface area contributed by atoms with Gasteiger partial charge in [0.1, 0.15) is 0 Å². The second-order valence-electron chi connectivity index (χ2n) is 5.68. The number of hydrogen-bond acceptors (Lipinski definition) is 7. The Hall–Kier alpha value is -2.64. The van der Waals surface area contributed by atoms with Gasteiger partial charge in [-0.05, 0) is 24.3 Å². The van der Waals surface area contributed by atoms with Crippen molar-refractivity contribution >= 4 is 16.7 Å². The summed E-state index contributed by atoms with van der Waals surface area (Å²) >= 11 is 0. The van der Waals surface area contributed by atoms with Gasteiger partial charge in [0.05, 0.1) is 49.0 Å². The third-order valence-corrected chi connectivity index (χ3v) is 3.72. The molecule has 3 aromatic rings. The summed E-state index contributed by atoms with van der Waals surface area (Å²) < 4.78 is 72.8. The first-order chi connectivity index (χ1) is 15.6. The first kappa shape index (κ1) is 9.89. The minimum Gasteiger partial charge on any atom is -0.441 e. The molecule has 7 heteroatoms. The highest BCUT2D eigenvalue weighted by atomic mass is 16.5. The van der Waals surface area contributed by atoms with Crippen LogP contribution in [0.2, 0.25) is 0 Å². The van der Waals surface area contributed by atoms with Gasteiger partial charge < -0.3 is 9.15 Å². The lowest BCUT2D eigenvalue weighted by Crippen LogP contribution is -2.40. The quantitative estimate of drug-likeness (QED) is 0.688. The second kappa shape index (κ2) is 7.31. The summed E-state index contributed by atoms with van der Waals surface area (Å²) in [4.78, 5) is 17.0. The minimum atomic E-state index is -3.21. The average Bonchev–Trinajstić information content (AvgIpc) is 3.16. The fourth-order valence-corrected chi connectivity index (χ4v) is 2.54. The van der Waals surface area contributed by atoms with E-state index >= 15 is 0 Å². The van der Waals surface area contributed by atoms with Crippen molar-refractivity contribution in [1.82, 2.24) is 20.1 Å². The second-order valence-corrected chi connectivity index (χ2v) is 5.68. The van der Waals surface area contributed by atoms with Crippen molar-refractivity contribution in [3.8, 4) is 11.3 Å². The van der Waals surface area contributed by atoms with Crippen LogP contribution in [0.3, 0.4) is 0 Å². The van der Waals surface area contributed by atoms with E-state index in [1.165, 1.54) is 0 Å². The molecule has 2 aromatic heterocycles. The van der Waals surface area contributed by atoms with Gasteiger partial charge in [0.15, 0.2) is 17.4 Å². The Balaban J connectivity index is 1.58. The van der Waals surface area contributed by atoms with Gasteiger partial charge in [-0.1, -0.05) is 0 Å². The predicted molar refractivity (Wildman–Crippen MR) is 95.7 cm³/mol. The number of aromatic nitrogens is 3. The van der Waals surface area contributed by atoms with Crippen LogP contribution in [-0.2, 0) is 16.0 Å². The molecule has 0 radical (unpaired) electrons. The maximum Gasteiger partial charge on any atom is 0.191 e. The van der Waals surface area contributed by atoms with Gasteiger partial charge in [-0.3, -0.25) is 9.69 Å². The Morgan fingerprint density at radius 3 is 2.88 bits per heavy atom. The number of nitrogens with zero attached hydrogens (tertiary/aromatic N) is 4. The lowest BCUT2D eigenvalue weighted by Gasteiger charge is -2.25. The zero-order valence-electron chi connectivity index (χ0n) is 21.8. The molecule has 0 N–H and O–H groups in total. The zero-order valence-corrected chi connectivity index (χ0v) is 13.8. The van der Waals surface area contributed by atoms with E-state index in [1.54, 1.807) is 37.4 Å². The van der Waals surface area contributed by atoms with Crippen LogP contribution in [0.25, 0.3) is 22.2 Å². The van der Waals surface area contributed by atoms with Crippen molar-refractivity contribution < 1.29 is 24.9 Å². The van der Waals surface area contributed by atoms with E-state index in [1.807, 2.05) is 0 Å². The van der Waals surface area contributed by atoms with Crippen LogP contribution < -0.4 is 0 Å². The van der Waals surface area contributed by atoms with Crippen LogP contribution in [0.5, 0.6) is 0 Å². The molecule has 0 atom stereocenters. The number of ether oxygens (including phenoxy) is 1. The van der Waals surface area contributed by atoms with Crippen molar-refractivity contribution in [2.75, 3.05) is 32.7 Å². The van der Waals surface area contributed by atoms with E-state index in [4.69, 9.17) is 15.4 Å². The molecule has 1 saturated heterocycles. The summed E-state index contributed by atoms with van der Waals surface area (Å²) in [5.74, 6) is 0.344. The Kier molecular flexibility index (Phi) is 2.78. The Bertz CT molecular complexity index is 1240.